The first-order chi connectivity index (χ1) is 11.8. The number of rotatable bonds is 3. The van der Waals surface area contributed by atoms with Gasteiger partial charge in [0, 0.05) is 23.7 Å². The molecule has 1 aliphatic heterocycles. The van der Waals surface area contributed by atoms with Crippen LogP contribution < -0.4 is 14.9 Å². The lowest BCUT2D eigenvalue weighted by molar-refractivity contribution is -0.137. The normalized spacial score (nSPS) is 15.2. The topological polar surface area (TPSA) is 49.6 Å². The van der Waals surface area contributed by atoms with Gasteiger partial charge in [0.25, 0.3) is 0 Å². The van der Waals surface area contributed by atoms with Crippen LogP contribution in [0.5, 0.6) is 0 Å². The predicted octanol–water partition coefficient (Wildman–Crippen LogP) is 4.26. The summed E-state index contributed by atoms with van der Waals surface area (Å²) in [5, 5.41) is 5.44. The molecule has 0 unspecified atom stereocenters. The van der Waals surface area contributed by atoms with Gasteiger partial charge in [-0.25, -0.2) is 9.18 Å². The quantitative estimate of drug-likeness (QED) is 0.648. The molecule has 1 saturated heterocycles. The summed E-state index contributed by atoms with van der Waals surface area (Å²) in [4.78, 5) is 15.7. The molecule has 2 N–H and O–H groups in total. The van der Waals surface area contributed by atoms with Gasteiger partial charge in [-0.2, -0.15) is 13.2 Å². The van der Waals surface area contributed by atoms with E-state index < -0.39 is 23.6 Å². The molecule has 0 saturated carbocycles. The summed E-state index contributed by atoms with van der Waals surface area (Å²) in [5.74, 6) is -0.877. The van der Waals surface area contributed by atoms with Crippen molar-refractivity contribution in [3.8, 4) is 0 Å². The summed E-state index contributed by atoms with van der Waals surface area (Å²) in [6.07, 6.45) is -4.61. The molecular formula is C16H13F4N3OS. The average molecular weight is 371 g/mol. The van der Waals surface area contributed by atoms with Crippen LogP contribution in [0.4, 0.5) is 33.7 Å². The van der Waals surface area contributed by atoms with Gasteiger partial charge in [-0.15, -0.1) is 0 Å². The molecule has 0 aromatic heterocycles. The van der Waals surface area contributed by atoms with Gasteiger partial charge in [0.2, 0.25) is 0 Å². The number of anilines is 2. The third kappa shape index (κ3) is 3.42. The molecule has 0 aliphatic carbocycles. The van der Waals surface area contributed by atoms with Crippen molar-refractivity contribution in [3.63, 3.8) is 0 Å². The number of urea groups is 1. The summed E-state index contributed by atoms with van der Waals surface area (Å²) in [6.45, 7) is 0.327. The fourth-order valence-electron chi connectivity index (χ4n) is 2.60. The van der Waals surface area contributed by atoms with Gasteiger partial charge >= 0.3 is 12.2 Å². The molecule has 4 nitrogen and oxygen atoms in total. The van der Waals surface area contributed by atoms with E-state index in [9.17, 15) is 22.4 Å². The third-order valence-corrected chi connectivity index (χ3v) is 4.40. The Morgan fingerprint density at radius 1 is 1.00 bits per heavy atom. The zero-order valence-corrected chi connectivity index (χ0v) is 13.6. The fourth-order valence-corrected chi connectivity index (χ4v) is 2.89. The molecule has 1 fully saturated rings. The average Bonchev–Trinajstić information content (AvgIpc) is 2.96. The second-order valence-electron chi connectivity index (χ2n) is 5.36. The van der Waals surface area contributed by atoms with E-state index in [1.54, 1.807) is 24.3 Å². The fraction of sp³-hybridized carbons (Fsp3) is 0.188. The van der Waals surface area contributed by atoms with Crippen molar-refractivity contribution < 1.29 is 22.4 Å². The van der Waals surface area contributed by atoms with Crippen molar-refractivity contribution in [3.05, 3.63) is 53.8 Å². The molecule has 2 aromatic rings. The number of halogens is 4. The van der Waals surface area contributed by atoms with Gasteiger partial charge in [-0.1, -0.05) is 0 Å². The molecule has 0 radical (unpaired) electrons. The van der Waals surface area contributed by atoms with Gasteiger partial charge in [0.05, 0.1) is 11.3 Å². The van der Waals surface area contributed by atoms with Gasteiger partial charge in [0.1, 0.15) is 5.82 Å². The van der Waals surface area contributed by atoms with Crippen molar-refractivity contribution in [2.45, 2.75) is 11.1 Å². The van der Waals surface area contributed by atoms with Gasteiger partial charge < -0.3 is 0 Å². The van der Waals surface area contributed by atoms with Crippen molar-refractivity contribution in [2.24, 2.45) is 5.14 Å². The van der Waals surface area contributed by atoms with E-state index in [2.05, 4.69) is 0 Å². The summed E-state index contributed by atoms with van der Waals surface area (Å²) in [5.41, 5.74) is -0.811. The van der Waals surface area contributed by atoms with E-state index in [0.29, 0.717) is 17.8 Å². The van der Waals surface area contributed by atoms with E-state index in [0.717, 1.165) is 27.8 Å². The highest BCUT2D eigenvalue weighted by atomic mass is 32.2. The molecule has 3 rings (SSSR count). The number of hydrogen-bond donors (Lipinski definition) is 1. The van der Waals surface area contributed by atoms with Crippen LogP contribution in [0.25, 0.3) is 0 Å². The molecule has 25 heavy (non-hydrogen) atoms. The highest BCUT2D eigenvalue weighted by Gasteiger charge is 2.35. The maximum Gasteiger partial charge on any atom is 0.416 e. The lowest BCUT2D eigenvalue weighted by Crippen LogP contribution is -2.32. The van der Waals surface area contributed by atoms with Crippen molar-refractivity contribution in [1.82, 2.24) is 0 Å². The zero-order valence-electron chi connectivity index (χ0n) is 12.8. The lowest BCUT2D eigenvalue weighted by Gasteiger charge is -2.20. The summed E-state index contributed by atoms with van der Waals surface area (Å²) in [6, 6.07) is 8.26. The Bertz CT molecular complexity index is 795. The van der Waals surface area contributed by atoms with Crippen LogP contribution in [0.15, 0.2) is 47.4 Å². The zero-order chi connectivity index (χ0) is 18.2. The standard InChI is InChI=1S/C16H13F4N3OS/c17-13-6-1-10(16(18,19)20)9-14(13)23-8-7-22(15(23)24)11-2-4-12(25-21)5-3-11/h1-6,9H,7-8,21H2. The van der Waals surface area contributed by atoms with Crippen LogP contribution in [-0.4, -0.2) is 19.1 Å². The molecule has 2 amide bonds. The Morgan fingerprint density at radius 2 is 1.64 bits per heavy atom. The second-order valence-corrected chi connectivity index (χ2v) is 6.07. The molecule has 0 atom stereocenters. The molecule has 1 heterocycles. The maximum absolute atomic E-state index is 14.0. The Balaban J connectivity index is 1.89. The number of alkyl halides is 3. The summed E-state index contributed by atoms with van der Waals surface area (Å²) >= 11 is 1.05. The number of benzene rings is 2. The summed E-state index contributed by atoms with van der Waals surface area (Å²) < 4.78 is 52.6. The number of nitrogens with two attached hydrogens (primary N) is 1. The minimum Gasteiger partial charge on any atom is -0.292 e. The SMILES string of the molecule is NSc1ccc(N2CCN(c3cc(C(F)(F)F)ccc3F)C2=O)cc1. The lowest BCUT2D eigenvalue weighted by atomic mass is 10.1. The van der Waals surface area contributed by atoms with E-state index >= 15 is 0 Å². The van der Waals surface area contributed by atoms with E-state index in [1.165, 1.54) is 4.90 Å². The Labute approximate surface area is 145 Å². The predicted molar refractivity (Wildman–Crippen MR) is 88.0 cm³/mol. The van der Waals surface area contributed by atoms with Crippen LogP contribution in [0.3, 0.4) is 0 Å². The molecule has 0 bridgehead atoms. The Kier molecular flexibility index (Phi) is 4.61. The molecule has 132 valence electrons. The summed E-state index contributed by atoms with van der Waals surface area (Å²) in [7, 11) is 0. The van der Waals surface area contributed by atoms with Crippen molar-refractivity contribution in [2.75, 3.05) is 22.9 Å². The molecule has 1 aliphatic rings. The number of nitrogens with zero attached hydrogens (tertiary/aromatic N) is 2. The van der Waals surface area contributed by atoms with Crippen molar-refractivity contribution >= 4 is 29.4 Å². The third-order valence-electron chi connectivity index (χ3n) is 3.86. The molecule has 9 heteroatoms. The van der Waals surface area contributed by atoms with E-state index in [1.807, 2.05) is 0 Å². The van der Waals surface area contributed by atoms with Crippen LogP contribution in [0.1, 0.15) is 5.56 Å². The van der Waals surface area contributed by atoms with Crippen LogP contribution in [-0.2, 0) is 6.18 Å². The minimum absolute atomic E-state index is 0.0878. The van der Waals surface area contributed by atoms with E-state index in [4.69, 9.17) is 5.14 Å². The van der Waals surface area contributed by atoms with Crippen LogP contribution in [0.2, 0.25) is 0 Å². The monoisotopic (exact) mass is 371 g/mol. The van der Waals surface area contributed by atoms with Crippen LogP contribution >= 0.6 is 11.9 Å². The van der Waals surface area contributed by atoms with Crippen LogP contribution in [0, 0.1) is 5.82 Å². The molecule has 0 spiro atoms. The first-order valence-corrected chi connectivity index (χ1v) is 8.12. The number of carbonyl (C=O) groups is 1. The minimum atomic E-state index is -4.61. The first kappa shape index (κ1) is 17.6. The van der Waals surface area contributed by atoms with E-state index in [-0.39, 0.29) is 18.8 Å². The molecular weight excluding hydrogens is 358 g/mol. The van der Waals surface area contributed by atoms with Gasteiger partial charge in [-0.05, 0) is 54.4 Å². The number of hydrogen-bond acceptors (Lipinski definition) is 3. The number of carbonyl (C=O) groups excluding carboxylic acids is 1. The Hall–Kier alpha value is -2.26. The highest BCUT2D eigenvalue weighted by molar-refractivity contribution is 7.97. The first-order valence-electron chi connectivity index (χ1n) is 7.24. The largest absolute Gasteiger partial charge is 0.416 e. The molecule has 2 aromatic carbocycles. The highest BCUT2D eigenvalue weighted by Crippen LogP contribution is 2.34. The van der Waals surface area contributed by atoms with Gasteiger partial charge in [-0.3, -0.25) is 14.9 Å². The smallest absolute Gasteiger partial charge is 0.292 e. The van der Waals surface area contributed by atoms with Crippen molar-refractivity contribution in [1.29, 1.82) is 0 Å². The Morgan fingerprint density at radius 3 is 2.24 bits per heavy atom. The maximum atomic E-state index is 14.0. The number of amides is 2. The van der Waals surface area contributed by atoms with Gasteiger partial charge in [0.15, 0.2) is 0 Å². The second kappa shape index (κ2) is 6.57.